The van der Waals surface area contributed by atoms with E-state index >= 15 is 0 Å². The second-order valence-corrected chi connectivity index (χ2v) is 6.31. The Morgan fingerprint density at radius 1 is 0.905 bits per heavy atom. The second-order valence-electron chi connectivity index (χ2n) is 5.01. The van der Waals surface area contributed by atoms with Crippen molar-refractivity contribution >= 4 is 40.9 Å². The minimum atomic E-state index is -1.45. The van der Waals surface area contributed by atoms with Crippen LogP contribution in [0.25, 0.3) is 0 Å². The van der Waals surface area contributed by atoms with E-state index in [4.69, 9.17) is 34.8 Å². The van der Waals surface area contributed by atoms with Gasteiger partial charge in [-0.05, 0) is 68.0 Å². The Morgan fingerprint density at radius 3 is 1.62 bits per heavy atom. The van der Waals surface area contributed by atoms with Crippen molar-refractivity contribution in [3.05, 3.63) is 43.0 Å². The van der Waals surface area contributed by atoms with Gasteiger partial charge >= 0.3 is 0 Å². The van der Waals surface area contributed by atoms with Gasteiger partial charge in [0.1, 0.15) is 15.7 Å². The van der Waals surface area contributed by atoms with Crippen molar-refractivity contribution in [2.24, 2.45) is 0 Å². The van der Waals surface area contributed by atoms with Crippen molar-refractivity contribution in [2.75, 3.05) is 0 Å². The van der Waals surface area contributed by atoms with Gasteiger partial charge in [-0.1, -0.05) is 34.8 Å². The van der Waals surface area contributed by atoms with Crippen molar-refractivity contribution in [1.82, 2.24) is 4.90 Å². The first kappa shape index (κ1) is 18.1. The van der Waals surface area contributed by atoms with E-state index < -0.39 is 6.09 Å². The minimum absolute atomic E-state index is 0.0454. The number of hydrogen-bond donors (Lipinski definition) is 0. The maximum Gasteiger partial charge on any atom is 0.142 e. The highest BCUT2D eigenvalue weighted by atomic mass is 35.5. The summed E-state index contributed by atoms with van der Waals surface area (Å²) in [4.78, 5) is 12.1. The number of nitrogens with zero attached hydrogens (tertiary/aromatic N) is 1. The lowest BCUT2D eigenvalue weighted by Gasteiger charge is -2.27. The summed E-state index contributed by atoms with van der Waals surface area (Å²) in [6, 6.07) is 0. The molecule has 1 amide bonds. The van der Waals surface area contributed by atoms with E-state index in [2.05, 4.69) is 0 Å². The van der Waals surface area contributed by atoms with Crippen molar-refractivity contribution in [3.63, 3.8) is 0 Å². The van der Waals surface area contributed by atoms with Crippen LogP contribution in [0.2, 0.25) is 0 Å². The maximum atomic E-state index is 11.3. The van der Waals surface area contributed by atoms with E-state index in [1.807, 2.05) is 34.6 Å². The molecule has 0 spiro atoms. The fraction of sp³-hybridized carbons (Fsp3) is 0.400. The molecule has 0 aliphatic rings. The quantitative estimate of drug-likeness (QED) is 0.767. The average Bonchev–Trinajstić information content (AvgIpc) is 2.42. The molecule has 1 aromatic carbocycles. The lowest BCUT2D eigenvalue weighted by Crippen LogP contribution is -2.39. The molecule has 3 nitrogen and oxygen atoms in total. The Bertz CT molecular complexity index is 591. The molecule has 21 heavy (non-hydrogen) atoms. The van der Waals surface area contributed by atoms with Crippen LogP contribution < -0.4 is 5.11 Å². The molecule has 6 heteroatoms. The SMILES string of the molecule is Cc1c(C)c(C)c(CN(C(=O)[O-])C(Cl)=C(Cl)Cl)c(C)c1C. The lowest BCUT2D eigenvalue weighted by atomic mass is 9.89. The Labute approximate surface area is 140 Å². The van der Waals surface area contributed by atoms with Crippen LogP contribution in [0.15, 0.2) is 9.65 Å². The minimum Gasteiger partial charge on any atom is -0.530 e. The van der Waals surface area contributed by atoms with Gasteiger partial charge in [0.15, 0.2) is 0 Å². The van der Waals surface area contributed by atoms with Gasteiger partial charge in [-0.2, -0.15) is 0 Å². The molecule has 0 aliphatic carbocycles. The molecule has 0 N–H and O–H groups in total. The summed E-state index contributed by atoms with van der Waals surface area (Å²) in [6.07, 6.45) is -1.45. The van der Waals surface area contributed by atoms with Crippen molar-refractivity contribution < 1.29 is 9.90 Å². The van der Waals surface area contributed by atoms with Gasteiger partial charge in [0.2, 0.25) is 0 Å². The molecule has 0 aromatic heterocycles. The molecule has 0 saturated carbocycles. The summed E-state index contributed by atoms with van der Waals surface area (Å²) in [6.45, 7) is 10.0. The molecule has 0 saturated heterocycles. The maximum absolute atomic E-state index is 11.3. The Balaban J connectivity index is 3.42. The zero-order valence-electron chi connectivity index (χ0n) is 12.6. The zero-order chi connectivity index (χ0) is 16.5. The first-order chi connectivity index (χ1) is 9.59. The van der Waals surface area contributed by atoms with Crippen LogP contribution in [-0.2, 0) is 6.54 Å². The molecule has 0 atom stereocenters. The van der Waals surface area contributed by atoms with Gasteiger partial charge in [-0.15, -0.1) is 0 Å². The van der Waals surface area contributed by atoms with Gasteiger partial charge in [0.25, 0.3) is 0 Å². The molecule has 1 rings (SSSR count). The molecular weight excluding hydrogens is 333 g/mol. The Morgan fingerprint density at radius 2 is 1.29 bits per heavy atom. The first-order valence-electron chi connectivity index (χ1n) is 6.34. The van der Waals surface area contributed by atoms with E-state index in [0.29, 0.717) is 0 Å². The lowest BCUT2D eigenvalue weighted by molar-refractivity contribution is -0.263. The summed E-state index contributed by atoms with van der Waals surface area (Å²) in [5, 5.41) is 11.0. The summed E-state index contributed by atoms with van der Waals surface area (Å²) in [5.41, 5.74) is 6.39. The predicted octanol–water partition coefficient (Wildman–Crippen LogP) is 4.22. The molecule has 0 aliphatic heterocycles. The van der Waals surface area contributed by atoms with Crippen molar-refractivity contribution in [3.8, 4) is 0 Å². The van der Waals surface area contributed by atoms with Crippen LogP contribution in [0.3, 0.4) is 0 Å². The summed E-state index contributed by atoms with van der Waals surface area (Å²) in [7, 11) is 0. The topological polar surface area (TPSA) is 43.4 Å². The molecule has 116 valence electrons. The molecule has 0 radical (unpaired) electrons. The molecule has 1 aromatic rings. The van der Waals surface area contributed by atoms with Gasteiger partial charge in [0, 0.05) is 0 Å². The monoisotopic (exact) mass is 348 g/mol. The van der Waals surface area contributed by atoms with Crippen LogP contribution in [0.5, 0.6) is 0 Å². The molecule has 0 heterocycles. The fourth-order valence-electron chi connectivity index (χ4n) is 2.29. The number of carbonyl (C=O) groups is 1. The van der Waals surface area contributed by atoms with Gasteiger partial charge < -0.3 is 14.8 Å². The standard InChI is InChI=1S/C15H18Cl3NO2/c1-7-8(2)10(4)12(11(5)9(7)3)6-19(15(20)21)14(18)13(16)17/h6H2,1-5H3,(H,20,21)/p-1. The van der Waals surface area contributed by atoms with Gasteiger partial charge in [0.05, 0.1) is 6.54 Å². The van der Waals surface area contributed by atoms with E-state index in [-0.39, 0.29) is 16.2 Å². The van der Waals surface area contributed by atoms with Crippen LogP contribution in [0.1, 0.15) is 33.4 Å². The number of hydrogen-bond acceptors (Lipinski definition) is 2. The third-order valence-corrected chi connectivity index (χ3v) is 5.03. The van der Waals surface area contributed by atoms with E-state index in [0.717, 1.165) is 32.7 Å². The first-order valence-corrected chi connectivity index (χ1v) is 7.48. The van der Waals surface area contributed by atoms with E-state index in [1.54, 1.807) is 0 Å². The number of rotatable bonds is 3. The van der Waals surface area contributed by atoms with E-state index in [1.165, 1.54) is 5.56 Å². The van der Waals surface area contributed by atoms with E-state index in [9.17, 15) is 9.90 Å². The highest BCUT2D eigenvalue weighted by Gasteiger charge is 2.18. The number of carboxylic acid groups (broad SMARTS) is 1. The van der Waals surface area contributed by atoms with Crippen molar-refractivity contribution in [1.29, 1.82) is 0 Å². The van der Waals surface area contributed by atoms with Crippen LogP contribution in [-0.4, -0.2) is 11.0 Å². The zero-order valence-corrected chi connectivity index (χ0v) is 14.9. The molecular formula is C15H17Cl3NO2-. The second kappa shape index (κ2) is 6.91. The number of carbonyl (C=O) groups excluding carboxylic acids is 1. The predicted molar refractivity (Wildman–Crippen MR) is 85.7 cm³/mol. The number of amides is 1. The van der Waals surface area contributed by atoms with Gasteiger partial charge in [-0.25, -0.2) is 0 Å². The smallest absolute Gasteiger partial charge is 0.142 e. The number of halogens is 3. The molecule has 0 unspecified atom stereocenters. The summed E-state index contributed by atoms with van der Waals surface area (Å²) >= 11 is 17.0. The Kier molecular flexibility index (Phi) is 5.97. The third-order valence-electron chi connectivity index (χ3n) is 4.08. The highest BCUT2D eigenvalue weighted by Crippen LogP contribution is 2.30. The average molecular weight is 350 g/mol. The Hall–Kier alpha value is -0.900. The molecule has 0 bridgehead atoms. The van der Waals surface area contributed by atoms with Gasteiger partial charge in [-0.3, -0.25) is 0 Å². The largest absolute Gasteiger partial charge is 0.530 e. The normalized spacial score (nSPS) is 10.5. The van der Waals surface area contributed by atoms with Crippen LogP contribution in [0.4, 0.5) is 4.79 Å². The van der Waals surface area contributed by atoms with Crippen LogP contribution in [0, 0.1) is 34.6 Å². The number of benzene rings is 1. The van der Waals surface area contributed by atoms with Crippen molar-refractivity contribution in [2.45, 2.75) is 41.2 Å². The van der Waals surface area contributed by atoms with Crippen LogP contribution >= 0.6 is 34.8 Å². The fourth-order valence-corrected chi connectivity index (χ4v) is 2.62. The summed E-state index contributed by atoms with van der Waals surface area (Å²) < 4.78 is -0.309. The summed E-state index contributed by atoms with van der Waals surface area (Å²) in [5.74, 6) is 0. The molecule has 0 fully saturated rings. The highest BCUT2D eigenvalue weighted by molar-refractivity contribution is 6.59. The third kappa shape index (κ3) is 3.65.